The summed E-state index contributed by atoms with van der Waals surface area (Å²) in [7, 11) is 0. The number of hydrogen-bond donors (Lipinski definition) is 1. The van der Waals surface area contributed by atoms with Crippen molar-refractivity contribution in [2.75, 3.05) is 11.9 Å². The average molecular weight is 359 g/mol. The highest BCUT2D eigenvalue weighted by molar-refractivity contribution is 6.30. The molecule has 0 aliphatic rings. The maximum absolute atomic E-state index is 12.2. The summed E-state index contributed by atoms with van der Waals surface area (Å²) in [4.78, 5) is 36.7. The number of carbonyl (C=O) groups excluding carboxylic acids is 3. The van der Waals surface area contributed by atoms with Crippen molar-refractivity contribution < 1.29 is 14.4 Å². The van der Waals surface area contributed by atoms with Gasteiger partial charge in [-0.3, -0.25) is 14.4 Å². The second kappa shape index (κ2) is 8.44. The van der Waals surface area contributed by atoms with Gasteiger partial charge in [-0.25, -0.2) is 0 Å². The standard InChI is InChI=1S/C19H19ClN2O3/c1-13(23)16-5-9-18(10-6-16)21-19(25)12-22(14(2)24)11-15-3-7-17(20)8-4-15/h3-10H,11-12H2,1-2H3,(H,21,25). The highest BCUT2D eigenvalue weighted by Gasteiger charge is 2.14. The van der Waals surface area contributed by atoms with Gasteiger partial charge in [0, 0.05) is 29.7 Å². The molecule has 0 saturated carbocycles. The van der Waals surface area contributed by atoms with Crippen molar-refractivity contribution in [1.29, 1.82) is 0 Å². The van der Waals surface area contributed by atoms with Crippen molar-refractivity contribution >= 4 is 34.9 Å². The first kappa shape index (κ1) is 18.7. The van der Waals surface area contributed by atoms with Gasteiger partial charge in [0.2, 0.25) is 11.8 Å². The molecule has 130 valence electrons. The number of nitrogens with zero attached hydrogens (tertiary/aromatic N) is 1. The molecule has 0 atom stereocenters. The SMILES string of the molecule is CC(=O)c1ccc(NC(=O)CN(Cc2ccc(Cl)cc2)C(C)=O)cc1. The summed E-state index contributed by atoms with van der Waals surface area (Å²) >= 11 is 5.85. The minimum absolute atomic E-state index is 0.0383. The van der Waals surface area contributed by atoms with Crippen LogP contribution in [-0.2, 0) is 16.1 Å². The smallest absolute Gasteiger partial charge is 0.244 e. The van der Waals surface area contributed by atoms with E-state index in [2.05, 4.69) is 5.32 Å². The van der Waals surface area contributed by atoms with E-state index in [0.717, 1.165) is 5.56 Å². The van der Waals surface area contributed by atoms with E-state index >= 15 is 0 Å². The van der Waals surface area contributed by atoms with Crippen molar-refractivity contribution in [3.63, 3.8) is 0 Å². The summed E-state index contributed by atoms with van der Waals surface area (Å²) in [5.41, 5.74) is 2.04. The second-order valence-electron chi connectivity index (χ2n) is 5.68. The van der Waals surface area contributed by atoms with Gasteiger partial charge in [0.05, 0.1) is 0 Å². The number of hydrogen-bond acceptors (Lipinski definition) is 3. The summed E-state index contributed by atoms with van der Waals surface area (Å²) in [6, 6.07) is 13.7. The van der Waals surface area contributed by atoms with Crippen LogP contribution in [-0.4, -0.2) is 29.0 Å². The number of ketones is 1. The highest BCUT2D eigenvalue weighted by atomic mass is 35.5. The fourth-order valence-corrected chi connectivity index (χ4v) is 2.38. The van der Waals surface area contributed by atoms with Gasteiger partial charge in [0.25, 0.3) is 0 Å². The van der Waals surface area contributed by atoms with E-state index in [0.29, 0.717) is 22.8 Å². The summed E-state index contributed by atoms with van der Waals surface area (Å²) in [5, 5.41) is 3.34. The third-order valence-corrected chi connectivity index (χ3v) is 3.89. The molecule has 0 fully saturated rings. The molecule has 0 aliphatic carbocycles. The Balaban J connectivity index is 1.98. The van der Waals surface area contributed by atoms with E-state index in [9.17, 15) is 14.4 Å². The predicted molar refractivity (Wildman–Crippen MR) is 97.6 cm³/mol. The maximum Gasteiger partial charge on any atom is 0.244 e. The number of benzene rings is 2. The van der Waals surface area contributed by atoms with Crippen molar-refractivity contribution in [1.82, 2.24) is 4.90 Å². The summed E-state index contributed by atoms with van der Waals surface area (Å²) in [5.74, 6) is -0.541. The lowest BCUT2D eigenvalue weighted by molar-refractivity contribution is -0.133. The fraction of sp³-hybridized carbons (Fsp3) is 0.211. The van der Waals surface area contributed by atoms with Crippen LogP contribution in [0.15, 0.2) is 48.5 Å². The molecular formula is C19H19ClN2O3. The van der Waals surface area contributed by atoms with Crippen LogP contribution in [0.2, 0.25) is 5.02 Å². The van der Waals surface area contributed by atoms with Crippen LogP contribution in [0.4, 0.5) is 5.69 Å². The van der Waals surface area contributed by atoms with Crippen LogP contribution in [0, 0.1) is 0 Å². The van der Waals surface area contributed by atoms with Gasteiger partial charge in [-0.05, 0) is 48.9 Å². The monoisotopic (exact) mass is 358 g/mol. The van der Waals surface area contributed by atoms with E-state index in [1.54, 1.807) is 36.4 Å². The molecular weight excluding hydrogens is 340 g/mol. The van der Waals surface area contributed by atoms with Gasteiger partial charge < -0.3 is 10.2 Å². The molecule has 0 aliphatic heterocycles. The number of halogens is 1. The maximum atomic E-state index is 12.2. The first-order valence-electron chi connectivity index (χ1n) is 7.76. The van der Waals surface area contributed by atoms with Crippen LogP contribution in [0.25, 0.3) is 0 Å². The van der Waals surface area contributed by atoms with Crippen LogP contribution >= 0.6 is 11.6 Å². The Morgan fingerprint density at radius 1 is 0.960 bits per heavy atom. The summed E-state index contributed by atoms with van der Waals surface area (Å²) in [6.45, 7) is 3.16. The molecule has 0 bridgehead atoms. The molecule has 0 aromatic heterocycles. The van der Waals surface area contributed by atoms with Crippen molar-refractivity contribution in [3.05, 3.63) is 64.7 Å². The van der Waals surface area contributed by atoms with Crippen LogP contribution in [0.3, 0.4) is 0 Å². The number of anilines is 1. The number of rotatable bonds is 6. The van der Waals surface area contributed by atoms with Gasteiger partial charge in [-0.2, -0.15) is 0 Å². The van der Waals surface area contributed by atoms with Crippen LogP contribution in [0.5, 0.6) is 0 Å². The molecule has 1 N–H and O–H groups in total. The van der Waals surface area contributed by atoms with Gasteiger partial charge in [-0.15, -0.1) is 0 Å². The van der Waals surface area contributed by atoms with E-state index in [1.165, 1.54) is 18.7 Å². The molecule has 5 nitrogen and oxygen atoms in total. The molecule has 2 aromatic rings. The van der Waals surface area contributed by atoms with E-state index in [1.807, 2.05) is 12.1 Å². The minimum Gasteiger partial charge on any atom is -0.329 e. The lowest BCUT2D eigenvalue weighted by Gasteiger charge is -2.20. The van der Waals surface area contributed by atoms with E-state index in [4.69, 9.17) is 11.6 Å². The molecule has 0 spiro atoms. The fourth-order valence-electron chi connectivity index (χ4n) is 2.25. The van der Waals surface area contributed by atoms with Crippen molar-refractivity contribution in [2.24, 2.45) is 0 Å². The minimum atomic E-state index is -0.306. The molecule has 25 heavy (non-hydrogen) atoms. The molecule has 0 radical (unpaired) electrons. The third kappa shape index (κ3) is 5.72. The predicted octanol–water partition coefficient (Wildman–Crippen LogP) is 3.53. The molecule has 2 aromatic carbocycles. The Kier molecular flexibility index (Phi) is 6.31. The Bertz CT molecular complexity index is 770. The largest absolute Gasteiger partial charge is 0.329 e. The lowest BCUT2D eigenvalue weighted by atomic mass is 10.1. The van der Waals surface area contributed by atoms with E-state index < -0.39 is 0 Å². The van der Waals surface area contributed by atoms with Crippen LogP contribution in [0.1, 0.15) is 29.8 Å². The van der Waals surface area contributed by atoms with Gasteiger partial charge in [0.1, 0.15) is 6.54 Å². The topological polar surface area (TPSA) is 66.5 Å². The Morgan fingerprint density at radius 3 is 2.08 bits per heavy atom. The Hall–Kier alpha value is -2.66. The number of carbonyl (C=O) groups is 3. The average Bonchev–Trinajstić information content (AvgIpc) is 2.56. The zero-order valence-corrected chi connectivity index (χ0v) is 14.8. The zero-order valence-electron chi connectivity index (χ0n) is 14.1. The Labute approximate surface area is 151 Å². The first-order valence-corrected chi connectivity index (χ1v) is 8.14. The number of amides is 2. The van der Waals surface area contributed by atoms with Crippen molar-refractivity contribution in [3.8, 4) is 0 Å². The van der Waals surface area contributed by atoms with Crippen LogP contribution < -0.4 is 5.32 Å². The number of nitrogens with one attached hydrogen (secondary N) is 1. The van der Waals surface area contributed by atoms with E-state index in [-0.39, 0.29) is 24.1 Å². The quantitative estimate of drug-likeness (QED) is 0.803. The first-order chi connectivity index (χ1) is 11.8. The molecule has 0 heterocycles. The van der Waals surface area contributed by atoms with Gasteiger partial charge in [-0.1, -0.05) is 23.7 Å². The lowest BCUT2D eigenvalue weighted by Crippen LogP contribution is -2.36. The van der Waals surface area contributed by atoms with Crippen molar-refractivity contribution in [2.45, 2.75) is 20.4 Å². The highest BCUT2D eigenvalue weighted by Crippen LogP contribution is 2.13. The van der Waals surface area contributed by atoms with Gasteiger partial charge in [0.15, 0.2) is 5.78 Å². The molecule has 6 heteroatoms. The molecule has 0 saturated heterocycles. The summed E-state index contributed by atoms with van der Waals surface area (Å²) < 4.78 is 0. The summed E-state index contributed by atoms with van der Waals surface area (Å²) in [6.07, 6.45) is 0. The number of Topliss-reactive ketones (excluding diaryl/α,β-unsaturated/α-hetero) is 1. The Morgan fingerprint density at radius 2 is 1.56 bits per heavy atom. The second-order valence-corrected chi connectivity index (χ2v) is 6.12. The normalized spacial score (nSPS) is 10.2. The zero-order chi connectivity index (χ0) is 18.4. The van der Waals surface area contributed by atoms with Gasteiger partial charge >= 0.3 is 0 Å². The molecule has 0 unspecified atom stereocenters. The third-order valence-electron chi connectivity index (χ3n) is 3.64. The molecule has 2 rings (SSSR count). The molecule has 2 amide bonds.